The summed E-state index contributed by atoms with van der Waals surface area (Å²) >= 11 is 0. The molecule has 0 spiro atoms. The average Bonchev–Trinajstić information content (AvgIpc) is 3.02. The van der Waals surface area contributed by atoms with E-state index in [1.54, 1.807) is 25.3 Å². The Kier molecular flexibility index (Phi) is 7.84. The Morgan fingerprint density at radius 2 is 1.68 bits per heavy atom. The van der Waals surface area contributed by atoms with Crippen LogP contribution in [0.25, 0.3) is 6.08 Å². The van der Waals surface area contributed by atoms with E-state index < -0.39 is 24.4 Å². The van der Waals surface area contributed by atoms with Crippen LogP contribution in [-0.4, -0.2) is 43.9 Å². The second-order valence-electron chi connectivity index (χ2n) is 9.24. The first-order valence-electron chi connectivity index (χ1n) is 11.2. The van der Waals surface area contributed by atoms with E-state index in [-0.39, 0.29) is 18.9 Å². The molecule has 1 heterocycles. The quantitative estimate of drug-likeness (QED) is 0.444. The Labute approximate surface area is 201 Å². The van der Waals surface area contributed by atoms with Crippen LogP contribution >= 0.6 is 0 Å². The van der Waals surface area contributed by atoms with E-state index in [0.29, 0.717) is 22.3 Å². The van der Waals surface area contributed by atoms with Gasteiger partial charge in [-0.15, -0.1) is 0 Å². The summed E-state index contributed by atoms with van der Waals surface area (Å²) in [6.45, 7) is 9.64. The van der Waals surface area contributed by atoms with Gasteiger partial charge in [0.25, 0.3) is 0 Å². The minimum atomic E-state index is -0.704. The molecule has 0 atom stereocenters. The number of alkyl carbamates (subject to hydrolysis) is 1. The number of carbonyl (C=O) groups excluding carboxylic acids is 2. The van der Waals surface area contributed by atoms with E-state index in [1.807, 2.05) is 64.1 Å². The van der Waals surface area contributed by atoms with E-state index >= 15 is 0 Å². The molecular formula is C26H32BNO6. The molecule has 2 aromatic rings. The highest BCUT2D eigenvalue weighted by Gasteiger charge is 2.52. The number of rotatable bonds is 8. The summed E-state index contributed by atoms with van der Waals surface area (Å²) in [5.74, 6) is 0.530. The standard InChI is InChI=1S/C26H32BNO6/c1-18(29)20-12-13-23(31-6)21(14-20)15-22(27-33-25(2,3)26(4,5)34-27)16-28-24(30)32-17-19-10-8-7-9-11-19/h7-15H,16-17H2,1-6H3,(H,28,30). The van der Waals surface area contributed by atoms with Gasteiger partial charge >= 0.3 is 13.2 Å². The molecule has 2 aromatic carbocycles. The first-order chi connectivity index (χ1) is 16.0. The summed E-state index contributed by atoms with van der Waals surface area (Å²) in [7, 11) is 0.860. The summed E-state index contributed by atoms with van der Waals surface area (Å²) in [4.78, 5) is 24.3. The maximum absolute atomic E-state index is 12.4. The third-order valence-electron chi connectivity index (χ3n) is 6.18. The van der Waals surface area contributed by atoms with Gasteiger partial charge in [0, 0.05) is 17.7 Å². The van der Waals surface area contributed by atoms with E-state index in [4.69, 9.17) is 18.8 Å². The lowest BCUT2D eigenvalue weighted by molar-refractivity contribution is 0.00578. The molecule has 0 aromatic heterocycles. The molecule has 1 saturated heterocycles. The van der Waals surface area contributed by atoms with Gasteiger partial charge in [-0.2, -0.15) is 0 Å². The summed E-state index contributed by atoms with van der Waals surface area (Å²) in [6.07, 6.45) is 1.26. The number of carbonyl (C=O) groups is 2. The lowest BCUT2D eigenvalue weighted by Crippen LogP contribution is -2.41. The highest BCUT2D eigenvalue weighted by atomic mass is 16.7. The maximum Gasteiger partial charge on any atom is 0.492 e. The smallest absolute Gasteiger partial charge is 0.492 e. The fourth-order valence-electron chi connectivity index (χ4n) is 3.41. The molecule has 0 radical (unpaired) electrons. The van der Waals surface area contributed by atoms with Crippen LogP contribution < -0.4 is 10.1 Å². The molecule has 1 fully saturated rings. The SMILES string of the molecule is COc1ccc(C(C)=O)cc1C=C(CNC(=O)OCc1ccccc1)B1OC(C)(C)C(C)(C)O1. The Morgan fingerprint density at radius 3 is 2.26 bits per heavy atom. The van der Waals surface area contributed by atoms with Crippen LogP contribution in [0.4, 0.5) is 4.79 Å². The highest BCUT2D eigenvalue weighted by Crippen LogP contribution is 2.39. The van der Waals surface area contributed by atoms with Gasteiger partial charge in [0.05, 0.1) is 18.3 Å². The van der Waals surface area contributed by atoms with Crippen molar-refractivity contribution >= 4 is 25.1 Å². The van der Waals surface area contributed by atoms with Crippen molar-refractivity contribution in [1.82, 2.24) is 5.32 Å². The number of nitrogens with one attached hydrogen (secondary N) is 1. The zero-order valence-electron chi connectivity index (χ0n) is 20.6. The lowest BCUT2D eigenvalue weighted by Gasteiger charge is -2.32. The minimum Gasteiger partial charge on any atom is -0.496 e. The van der Waals surface area contributed by atoms with Crippen molar-refractivity contribution in [2.45, 2.75) is 52.4 Å². The van der Waals surface area contributed by atoms with Crippen molar-refractivity contribution in [2.24, 2.45) is 0 Å². The number of benzene rings is 2. The summed E-state index contributed by atoms with van der Waals surface area (Å²) < 4.78 is 23.3. The molecule has 1 aliphatic rings. The predicted molar refractivity (Wildman–Crippen MR) is 132 cm³/mol. The van der Waals surface area contributed by atoms with Gasteiger partial charge < -0.3 is 24.1 Å². The third-order valence-corrected chi connectivity index (χ3v) is 6.18. The van der Waals surface area contributed by atoms with Crippen LogP contribution in [0, 0.1) is 0 Å². The van der Waals surface area contributed by atoms with Crippen LogP contribution in [0.5, 0.6) is 5.75 Å². The van der Waals surface area contributed by atoms with E-state index in [9.17, 15) is 9.59 Å². The van der Waals surface area contributed by atoms with Crippen LogP contribution in [0.3, 0.4) is 0 Å². The number of amides is 1. The second kappa shape index (κ2) is 10.4. The normalized spacial score (nSPS) is 16.8. The van der Waals surface area contributed by atoms with Crippen molar-refractivity contribution in [1.29, 1.82) is 0 Å². The molecule has 180 valence electrons. The van der Waals surface area contributed by atoms with Gasteiger partial charge in [-0.3, -0.25) is 4.79 Å². The van der Waals surface area contributed by atoms with Crippen molar-refractivity contribution in [3.8, 4) is 5.75 Å². The van der Waals surface area contributed by atoms with E-state index in [0.717, 1.165) is 5.56 Å². The van der Waals surface area contributed by atoms with Crippen LogP contribution in [0.1, 0.15) is 56.1 Å². The van der Waals surface area contributed by atoms with Gasteiger partial charge in [0.15, 0.2) is 5.78 Å². The molecule has 1 aliphatic heterocycles. The number of hydrogen-bond acceptors (Lipinski definition) is 6. The van der Waals surface area contributed by atoms with Crippen LogP contribution in [0.15, 0.2) is 54.0 Å². The molecule has 0 saturated carbocycles. The van der Waals surface area contributed by atoms with Crippen LogP contribution in [0.2, 0.25) is 0 Å². The van der Waals surface area contributed by atoms with Crippen LogP contribution in [-0.2, 0) is 20.7 Å². The monoisotopic (exact) mass is 465 g/mol. The van der Waals surface area contributed by atoms with Gasteiger partial charge in [-0.1, -0.05) is 36.4 Å². The molecule has 0 aliphatic carbocycles. The molecule has 7 nitrogen and oxygen atoms in total. The molecule has 0 bridgehead atoms. The Bertz CT molecular complexity index is 1050. The third kappa shape index (κ3) is 6.07. The number of hydrogen-bond donors (Lipinski definition) is 1. The number of ketones is 1. The number of ether oxygens (including phenoxy) is 2. The number of methoxy groups -OCH3 is 1. The van der Waals surface area contributed by atoms with Crippen molar-refractivity contribution in [3.63, 3.8) is 0 Å². The van der Waals surface area contributed by atoms with E-state index in [1.165, 1.54) is 6.92 Å². The predicted octanol–water partition coefficient (Wildman–Crippen LogP) is 4.84. The largest absolute Gasteiger partial charge is 0.496 e. The molecule has 8 heteroatoms. The average molecular weight is 465 g/mol. The van der Waals surface area contributed by atoms with Crippen molar-refractivity contribution in [3.05, 3.63) is 70.7 Å². The Hall–Kier alpha value is -3.10. The fourth-order valence-corrected chi connectivity index (χ4v) is 3.41. The molecule has 3 rings (SSSR count). The van der Waals surface area contributed by atoms with Gasteiger partial charge in [-0.25, -0.2) is 4.79 Å². The molecule has 0 unspecified atom stereocenters. The minimum absolute atomic E-state index is 0.0582. The van der Waals surface area contributed by atoms with Gasteiger partial charge in [0.1, 0.15) is 12.4 Å². The van der Waals surface area contributed by atoms with Gasteiger partial charge in [0.2, 0.25) is 0 Å². The summed E-state index contributed by atoms with van der Waals surface area (Å²) in [5, 5.41) is 2.78. The summed E-state index contributed by atoms with van der Waals surface area (Å²) in [5.41, 5.74) is 1.67. The Morgan fingerprint density at radius 1 is 1.03 bits per heavy atom. The lowest BCUT2D eigenvalue weighted by atomic mass is 9.76. The van der Waals surface area contributed by atoms with Gasteiger partial charge in [-0.05, 0) is 63.9 Å². The van der Waals surface area contributed by atoms with Crippen molar-refractivity contribution in [2.75, 3.05) is 13.7 Å². The number of Topliss-reactive ketones (excluding diaryl/α,β-unsaturated/α-hetero) is 1. The first-order valence-corrected chi connectivity index (χ1v) is 11.2. The molecule has 1 N–H and O–H groups in total. The zero-order valence-corrected chi connectivity index (χ0v) is 20.6. The molecular weight excluding hydrogens is 433 g/mol. The second-order valence-corrected chi connectivity index (χ2v) is 9.24. The highest BCUT2D eigenvalue weighted by molar-refractivity contribution is 6.56. The van der Waals surface area contributed by atoms with Crippen molar-refractivity contribution < 1.29 is 28.4 Å². The fraction of sp³-hybridized carbons (Fsp3) is 0.385. The Balaban J connectivity index is 1.84. The zero-order chi connectivity index (χ0) is 24.9. The molecule has 1 amide bonds. The first kappa shape index (κ1) is 25.5. The summed E-state index contributed by atoms with van der Waals surface area (Å²) in [6, 6.07) is 14.7. The topological polar surface area (TPSA) is 83.1 Å². The van der Waals surface area contributed by atoms with E-state index in [2.05, 4.69) is 5.32 Å². The molecule has 34 heavy (non-hydrogen) atoms. The maximum atomic E-state index is 12.4.